The Labute approximate surface area is 161 Å². The number of pyridine rings is 1. The van der Waals surface area contributed by atoms with Crippen molar-refractivity contribution in [1.29, 1.82) is 0 Å². The van der Waals surface area contributed by atoms with Gasteiger partial charge in [0, 0.05) is 24.4 Å². The van der Waals surface area contributed by atoms with Gasteiger partial charge in [-0.1, -0.05) is 12.1 Å². The van der Waals surface area contributed by atoms with Crippen LogP contribution in [0.2, 0.25) is 0 Å². The monoisotopic (exact) mass is 403 g/mol. The number of carbonyl (C=O) groups is 1. The maximum atomic E-state index is 13.7. The van der Waals surface area contributed by atoms with E-state index in [0.717, 1.165) is 12.1 Å². The summed E-state index contributed by atoms with van der Waals surface area (Å²) in [6.07, 6.45) is 1.21. The van der Waals surface area contributed by atoms with Crippen molar-refractivity contribution in [3.63, 3.8) is 0 Å². The van der Waals surface area contributed by atoms with Gasteiger partial charge in [0.25, 0.3) is 17.2 Å². The van der Waals surface area contributed by atoms with Gasteiger partial charge < -0.3 is 9.88 Å². The summed E-state index contributed by atoms with van der Waals surface area (Å²) in [5, 5.41) is 12.8. The predicted octanol–water partition coefficient (Wildman–Crippen LogP) is 3.47. The first-order chi connectivity index (χ1) is 13.8. The molecule has 1 amide bonds. The molecule has 0 aliphatic carbocycles. The fourth-order valence-corrected chi connectivity index (χ4v) is 2.53. The van der Waals surface area contributed by atoms with Gasteiger partial charge in [0.2, 0.25) is 0 Å². The number of hydrogen-bond donors (Lipinski definition) is 1. The Bertz CT molecular complexity index is 1160. The molecular formula is C19H12F3N3O4. The summed E-state index contributed by atoms with van der Waals surface area (Å²) >= 11 is 0. The van der Waals surface area contributed by atoms with E-state index in [0.29, 0.717) is 11.6 Å². The minimum Gasteiger partial charge on any atom is -0.319 e. The molecule has 7 nitrogen and oxygen atoms in total. The third kappa shape index (κ3) is 4.32. The minimum absolute atomic E-state index is 0.0253. The van der Waals surface area contributed by atoms with Crippen LogP contribution in [0.25, 0.3) is 0 Å². The normalized spacial score (nSPS) is 10.6. The number of carbonyl (C=O) groups excluding carboxylic acids is 1. The third-order valence-electron chi connectivity index (χ3n) is 4.03. The summed E-state index contributed by atoms with van der Waals surface area (Å²) in [7, 11) is 0. The van der Waals surface area contributed by atoms with Crippen LogP contribution >= 0.6 is 0 Å². The first-order valence-electron chi connectivity index (χ1n) is 8.15. The number of hydrogen-bond acceptors (Lipinski definition) is 4. The van der Waals surface area contributed by atoms with Crippen LogP contribution in [-0.2, 0) is 6.54 Å². The zero-order chi connectivity index (χ0) is 21.1. The lowest BCUT2D eigenvalue weighted by Gasteiger charge is -2.10. The summed E-state index contributed by atoms with van der Waals surface area (Å²) in [6.45, 7) is 0.0253. The quantitative estimate of drug-likeness (QED) is 0.401. The van der Waals surface area contributed by atoms with Crippen LogP contribution in [0.1, 0.15) is 15.9 Å². The number of nitrogens with one attached hydrogen (secondary N) is 1. The van der Waals surface area contributed by atoms with Gasteiger partial charge in [0.05, 0.1) is 22.7 Å². The SMILES string of the molecule is O=C(Nc1ccc(F)c(F)c1F)c1ccc(=O)n(Cc2ccc([N+](=O)[O-])cc2)c1. The van der Waals surface area contributed by atoms with Gasteiger partial charge in [-0.25, -0.2) is 13.2 Å². The molecule has 0 atom stereocenters. The van der Waals surface area contributed by atoms with E-state index in [9.17, 15) is 32.9 Å². The Balaban J connectivity index is 1.83. The Morgan fingerprint density at radius 3 is 2.34 bits per heavy atom. The second-order valence-electron chi connectivity index (χ2n) is 5.98. The van der Waals surface area contributed by atoms with Crippen molar-refractivity contribution in [2.75, 3.05) is 5.32 Å². The third-order valence-corrected chi connectivity index (χ3v) is 4.03. The smallest absolute Gasteiger partial charge is 0.269 e. The topological polar surface area (TPSA) is 94.2 Å². The molecule has 148 valence electrons. The zero-order valence-corrected chi connectivity index (χ0v) is 14.6. The first-order valence-corrected chi connectivity index (χ1v) is 8.15. The van der Waals surface area contributed by atoms with E-state index in [1.54, 1.807) is 0 Å². The van der Waals surface area contributed by atoms with Gasteiger partial charge in [-0.3, -0.25) is 19.7 Å². The second kappa shape index (κ2) is 7.97. The van der Waals surface area contributed by atoms with Crippen LogP contribution in [0.15, 0.2) is 59.5 Å². The van der Waals surface area contributed by atoms with Crippen LogP contribution in [-0.4, -0.2) is 15.4 Å². The van der Waals surface area contributed by atoms with Crippen LogP contribution < -0.4 is 10.9 Å². The molecule has 10 heteroatoms. The maximum absolute atomic E-state index is 13.7. The highest BCUT2D eigenvalue weighted by Gasteiger charge is 2.16. The molecule has 0 fully saturated rings. The van der Waals surface area contributed by atoms with Gasteiger partial charge >= 0.3 is 0 Å². The summed E-state index contributed by atoms with van der Waals surface area (Å²) in [5.74, 6) is -5.49. The molecule has 3 aromatic rings. The van der Waals surface area contributed by atoms with E-state index in [1.165, 1.54) is 41.1 Å². The maximum Gasteiger partial charge on any atom is 0.269 e. The molecule has 3 rings (SSSR count). The summed E-state index contributed by atoms with van der Waals surface area (Å²) in [4.78, 5) is 34.5. The van der Waals surface area contributed by atoms with Crippen molar-refractivity contribution in [2.24, 2.45) is 0 Å². The largest absolute Gasteiger partial charge is 0.319 e. The lowest BCUT2D eigenvalue weighted by atomic mass is 10.2. The van der Waals surface area contributed by atoms with E-state index in [-0.39, 0.29) is 17.8 Å². The van der Waals surface area contributed by atoms with E-state index >= 15 is 0 Å². The van der Waals surface area contributed by atoms with Gasteiger partial charge in [-0.05, 0) is 23.8 Å². The Hall–Kier alpha value is -3.95. The number of nitro groups is 1. The first kappa shape index (κ1) is 19.8. The van der Waals surface area contributed by atoms with Crippen molar-refractivity contribution in [2.45, 2.75) is 6.54 Å². The van der Waals surface area contributed by atoms with Gasteiger partial charge in [-0.2, -0.15) is 0 Å². The molecule has 0 saturated carbocycles. The molecule has 0 unspecified atom stereocenters. The molecule has 0 radical (unpaired) electrons. The van der Waals surface area contributed by atoms with Crippen molar-refractivity contribution >= 4 is 17.3 Å². The molecule has 0 aliphatic heterocycles. The summed E-state index contributed by atoms with van der Waals surface area (Å²) < 4.78 is 41.2. The highest BCUT2D eigenvalue weighted by Crippen LogP contribution is 2.20. The predicted molar refractivity (Wildman–Crippen MR) is 97.2 cm³/mol. The van der Waals surface area contributed by atoms with E-state index in [2.05, 4.69) is 5.32 Å². The standard InChI is InChI=1S/C19H12F3N3O4/c20-14-6-7-15(18(22)17(14)21)23-19(27)12-3-8-16(26)24(10-12)9-11-1-4-13(5-2-11)25(28)29/h1-8,10H,9H2,(H,23,27). The average molecular weight is 403 g/mol. The van der Waals surface area contributed by atoms with Gasteiger partial charge in [-0.15, -0.1) is 0 Å². The lowest BCUT2D eigenvalue weighted by Crippen LogP contribution is -2.23. The number of rotatable bonds is 5. The number of anilines is 1. The molecule has 2 aromatic carbocycles. The molecule has 0 spiro atoms. The summed E-state index contributed by atoms with van der Waals surface area (Å²) in [6, 6.07) is 9.35. The minimum atomic E-state index is -1.72. The number of amides is 1. The van der Waals surface area contributed by atoms with Gasteiger partial charge in [0.15, 0.2) is 17.5 Å². The number of nitrogens with zero attached hydrogens (tertiary/aromatic N) is 2. The van der Waals surface area contributed by atoms with Crippen molar-refractivity contribution in [1.82, 2.24) is 4.57 Å². The number of halogens is 3. The van der Waals surface area contributed by atoms with Gasteiger partial charge in [0.1, 0.15) is 0 Å². The molecule has 0 aliphatic rings. The molecule has 29 heavy (non-hydrogen) atoms. The van der Waals surface area contributed by atoms with Crippen molar-refractivity contribution < 1.29 is 22.9 Å². The van der Waals surface area contributed by atoms with E-state index in [1.807, 2.05) is 0 Å². The lowest BCUT2D eigenvalue weighted by molar-refractivity contribution is -0.384. The van der Waals surface area contributed by atoms with E-state index in [4.69, 9.17) is 0 Å². The fourth-order valence-electron chi connectivity index (χ4n) is 2.53. The number of benzene rings is 2. The number of non-ortho nitro benzene ring substituents is 1. The molecule has 0 saturated heterocycles. The van der Waals surface area contributed by atoms with Crippen LogP contribution in [0.3, 0.4) is 0 Å². The number of aromatic nitrogens is 1. The highest BCUT2D eigenvalue weighted by atomic mass is 19.2. The van der Waals surface area contributed by atoms with Crippen molar-refractivity contribution in [3.05, 3.63) is 104 Å². The number of nitro benzene ring substituents is 1. The summed E-state index contributed by atoms with van der Waals surface area (Å²) in [5.41, 5.74) is -0.568. The van der Waals surface area contributed by atoms with Crippen LogP contribution in [0.5, 0.6) is 0 Å². The second-order valence-corrected chi connectivity index (χ2v) is 5.98. The molecule has 1 aromatic heterocycles. The molecule has 1 N–H and O–H groups in total. The Kier molecular flexibility index (Phi) is 5.44. The average Bonchev–Trinajstić information content (AvgIpc) is 2.70. The Morgan fingerprint density at radius 2 is 1.69 bits per heavy atom. The van der Waals surface area contributed by atoms with Crippen LogP contribution in [0, 0.1) is 27.6 Å². The van der Waals surface area contributed by atoms with Crippen molar-refractivity contribution in [3.8, 4) is 0 Å². The Morgan fingerprint density at radius 1 is 1.00 bits per heavy atom. The molecule has 0 bridgehead atoms. The molecule has 1 heterocycles. The fraction of sp³-hybridized carbons (Fsp3) is 0.0526. The van der Waals surface area contributed by atoms with E-state index < -0.39 is 39.5 Å². The molecular weight excluding hydrogens is 391 g/mol. The highest BCUT2D eigenvalue weighted by molar-refractivity contribution is 6.04. The van der Waals surface area contributed by atoms with Crippen LogP contribution in [0.4, 0.5) is 24.5 Å². The zero-order valence-electron chi connectivity index (χ0n) is 14.6.